The van der Waals surface area contributed by atoms with Crippen molar-refractivity contribution in [3.8, 4) is 0 Å². The number of nitrogens with one attached hydrogen (secondary N) is 1. The summed E-state index contributed by atoms with van der Waals surface area (Å²) >= 11 is 0. The van der Waals surface area contributed by atoms with Crippen molar-refractivity contribution >= 4 is 0 Å². The van der Waals surface area contributed by atoms with Gasteiger partial charge in [-0.05, 0) is 41.3 Å². The van der Waals surface area contributed by atoms with Crippen LogP contribution in [-0.4, -0.2) is 7.05 Å². The van der Waals surface area contributed by atoms with Crippen LogP contribution in [0, 0.1) is 0 Å². The maximum Gasteiger partial charge on any atom is 0.0725 e. The molecule has 1 unspecified atom stereocenters. The molecule has 0 radical (unpaired) electrons. The molecule has 0 bridgehead atoms. The first-order chi connectivity index (χ1) is 9.83. The number of hydrogen-bond acceptors (Lipinski definition) is 2. The molecule has 1 N–H and O–H groups in total. The SMILES string of the molecule is CCc1ccccc1C(NC)c1ccc2c(c1)COC2. The number of benzene rings is 2. The molecule has 3 rings (SSSR count). The average molecular weight is 267 g/mol. The largest absolute Gasteiger partial charge is 0.372 e. The molecule has 20 heavy (non-hydrogen) atoms. The maximum absolute atomic E-state index is 5.51. The summed E-state index contributed by atoms with van der Waals surface area (Å²) in [4.78, 5) is 0. The van der Waals surface area contributed by atoms with Gasteiger partial charge < -0.3 is 10.1 Å². The molecule has 0 saturated carbocycles. The van der Waals surface area contributed by atoms with E-state index in [-0.39, 0.29) is 6.04 Å². The lowest BCUT2D eigenvalue weighted by atomic mass is 9.92. The van der Waals surface area contributed by atoms with Gasteiger partial charge in [-0.3, -0.25) is 0 Å². The van der Waals surface area contributed by atoms with Crippen molar-refractivity contribution in [2.45, 2.75) is 32.6 Å². The third-order valence-corrected chi connectivity index (χ3v) is 4.11. The van der Waals surface area contributed by atoms with Crippen molar-refractivity contribution in [2.24, 2.45) is 0 Å². The van der Waals surface area contributed by atoms with Crippen molar-refractivity contribution < 1.29 is 4.74 Å². The summed E-state index contributed by atoms with van der Waals surface area (Å²) in [6.07, 6.45) is 1.06. The molecule has 0 saturated heterocycles. The number of hydrogen-bond donors (Lipinski definition) is 1. The lowest BCUT2D eigenvalue weighted by Crippen LogP contribution is -2.19. The summed E-state index contributed by atoms with van der Waals surface area (Å²) in [5, 5.41) is 3.46. The van der Waals surface area contributed by atoms with E-state index in [0.29, 0.717) is 0 Å². The van der Waals surface area contributed by atoms with Crippen LogP contribution >= 0.6 is 0 Å². The second-order valence-electron chi connectivity index (χ2n) is 5.30. The standard InChI is InChI=1S/C18H21NO/c1-3-13-6-4-5-7-17(13)18(19-2)14-8-9-15-11-20-12-16(15)10-14/h4-10,18-19H,3,11-12H2,1-2H3. The molecule has 2 heteroatoms. The topological polar surface area (TPSA) is 21.3 Å². The van der Waals surface area contributed by atoms with Gasteiger partial charge in [-0.15, -0.1) is 0 Å². The zero-order chi connectivity index (χ0) is 13.9. The van der Waals surface area contributed by atoms with E-state index in [0.717, 1.165) is 19.6 Å². The Labute approximate surface area is 120 Å². The monoisotopic (exact) mass is 267 g/mol. The molecule has 1 atom stereocenters. The fraction of sp³-hybridized carbons (Fsp3) is 0.333. The molecule has 0 amide bonds. The zero-order valence-electron chi connectivity index (χ0n) is 12.1. The van der Waals surface area contributed by atoms with E-state index < -0.39 is 0 Å². The van der Waals surface area contributed by atoms with Crippen LogP contribution in [-0.2, 0) is 24.4 Å². The minimum atomic E-state index is 0.247. The third-order valence-electron chi connectivity index (χ3n) is 4.11. The highest BCUT2D eigenvalue weighted by atomic mass is 16.5. The Morgan fingerprint density at radius 3 is 2.70 bits per heavy atom. The lowest BCUT2D eigenvalue weighted by molar-refractivity contribution is 0.134. The van der Waals surface area contributed by atoms with Gasteiger partial charge in [-0.1, -0.05) is 49.4 Å². The number of fused-ring (bicyclic) bond motifs is 1. The van der Waals surface area contributed by atoms with Crippen LogP contribution in [0.1, 0.15) is 40.8 Å². The number of ether oxygens (including phenoxy) is 1. The Bertz CT molecular complexity index is 606. The molecule has 2 aromatic carbocycles. The van der Waals surface area contributed by atoms with Gasteiger partial charge in [-0.25, -0.2) is 0 Å². The van der Waals surface area contributed by atoms with Crippen molar-refractivity contribution in [3.05, 3.63) is 70.3 Å². The van der Waals surface area contributed by atoms with Crippen molar-refractivity contribution in [3.63, 3.8) is 0 Å². The van der Waals surface area contributed by atoms with Gasteiger partial charge in [0.1, 0.15) is 0 Å². The van der Waals surface area contributed by atoms with Crippen LogP contribution in [0.15, 0.2) is 42.5 Å². The Morgan fingerprint density at radius 1 is 1.10 bits per heavy atom. The van der Waals surface area contributed by atoms with Crippen LogP contribution in [0.3, 0.4) is 0 Å². The lowest BCUT2D eigenvalue weighted by Gasteiger charge is -2.21. The summed E-state index contributed by atoms with van der Waals surface area (Å²) in [5.74, 6) is 0. The molecule has 1 heterocycles. The Morgan fingerprint density at radius 2 is 1.90 bits per heavy atom. The summed E-state index contributed by atoms with van der Waals surface area (Å²) in [7, 11) is 2.03. The molecule has 0 aliphatic carbocycles. The molecule has 0 spiro atoms. The predicted molar refractivity (Wildman–Crippen MR) is 81.7 cm³/mol. The predicted octanol–water partition coefficient (Wildman–Crippen LogP) is 3.59. The molecule has 1 aliphatic rings. The molecular formula is C18H21NO. The fourth-order valence-electron chi connectivity index (χ4n) is 3.01. The second-order valence-corrected chi connectivity index (χ2v) is 5.30. The molecule has 2 nitrogen and oxygen atoms in total. The molecule has 0 aromatic heterocycles. The smallest absolute Gasteiger partial charge is 0.0725 e. The normalized spacial score (nSPS) is 15.1. The first-order valence-electron chi connectivity index (χ1n) is 7.28. The van der Waals surface area contributed by atoms with E-state index in [2.05, 4.69) is 54.7 Å². The molecule has 104 valence electrons. The summed E-state index contributed by atoms with van der Waals surface area (Å²) < 4.78 is 5.51. The van der Waals surface area contributed by atoms with Gasteiger partial charge in [-0.2, -0.15) is 0 Å². The molecule has 1 aliphatic heterocycles. The van der Waals surface area contributed by atoms with E-state index in [1.807, 2.05) is 7.05 Å². The van der Waals surface area contributed by atoms with Crippen LogP contribution in [0.2, 0.25) is 0 Å². The van der Waals surface area contributed by atoms with Gasteiger partial charge >= 0.3 is 0 Å². The van der Waals surface area contributed by atoms with Crippen molar-refractivity contribution in [1.29, 1.82) is 0 Å². The van der Waals surface area contributed by atoms with Crippen molar-refractivity contribution in [2.75, 3.05) is 7.05 Å². The van der Waals surface area contributed by atoms with Gasteiger partial charge in [0.05, 0.1) is 19.3 Å². The van der Waals surface area contributed by atoms with Gasteiger partial charge in [0.15, 0.2) is 0 Å². The maximum atomic E-state index is 5.51. The Balaban J connectivity index is 2.01. The Kier molecular flexibility index (Phi) is 3.86. The minimum absolute atomic E-state index is 0.247. The summed E-state index contributed by atoms with van der Waals surface area (Å²) in [6, 6.07) is 15.6. The highest BCUT2D eigenvalue weighted by molar-refractivity contribution is 5.41. The first-order valence-corrected chi connectivity index (χ1v) is 7.28. The molecular weight excluding hydrogens is 246 g/mol. The Hall–Kier alpha value is -1.64. The fourth-order valence-corrected chi connectivity index (χ4v) is 3.01. The zero-order valence-corrected chi connectivity index (χ0v) is 12.1. The van der Waals surface area contributed by atoms with E-state index in [9.17, 15) is 0 Å². The highest BCUT2D eigenvalue weighted by Gasteiger charge is 2.18. The number of aryl methyl sites for hydroxylation is 1. The highest BCUT2D eigenvalue weighted by Crippen LogP contribution is 2.29. The quantitative estimate of drug-likeness (QED) is 0.914. The van der Waals surface area contributed by atoms with Crippen LogP contribution < -0.4 is 5.32 Å². The van der Waals surface area contributed by atoms with Gasteiger partial charge in [0.25, 0.3) is 0 Å². The van der Waals surface area contributed by atoms with Crippen LogP contribution in [0.5, 0.6) is 0 Å². The van der Waals surface area contributed by atoms with Crippen molar-refractivity contribution in [1.82, 2.24) is 5.32 Å². The molecule has 0 fully saturated rings. The van der Waals surface area contributed by atoms with Gasteiger partial charge in [0.2, 0.25) is 0 Å². The summed E-state index contributed by atoms with van der Waals surface area (Å²) in [6.45, 7) is 3.71. The molecule has 2 aromatic rings. The minimum Gasteiger partial charge on any atom is -0.372 e. The van der Waals surface area contributed by atoms with Crippen LogP contribution in [0.4, 0.5) is 0 Å². The van der Waals surface area contributed by atoms with Crippen LogP contribution in [0.25, 0.3) is 0 Å². The number of rotatable bonds is 4. The van der Waals surface area contributed by atoms with E-state index in [1.54, 1.807) is 0 Å². The van der Waals surface area contributed by atoms with E-state index in [4.69, 9.17) is 4.74 Å². The second kappa shape index (κ2) is 5.78. The average Bonchev–Trinajstić information content (AvgIpc) is 2.96. The van der Waals surface area contributed by atoms with Gasteiger partial charge in [0, 0.05) is 0 Å². The van der Waals surface area contributed by atoms with E-state index in [1.165, 1.54) is 27.8 Å². The van der Waals surface area contributed by atoms with E-state index >= 15 is 0 Å². The third kappa shape index (κ3) is 2.37. The first kappa shape index (κ1) is 13.3. The summed E-state index contributed by atoms with van der Waals surface area (Å²) in [5.41, 5.74) is 6.75.